The van der Waals surface area contributed by atoms with Crippen LogP contribution in [0, 0.1) is 6.92 Å². The van der Waals surface area contributed by atoms with Crippen LogP contribution in [0.4, 0.5) is 5.69 Å². The number of benzene rings is 1. The number of carbonyl (C=O) groups is 1. The molecule has 0 fully saturated rings. The molecule has 0 unspecified atom stereocenters. The van der Waals surface area contributed by atoms with Gasteiger partial charge >= 0.3 is 5.97 Å². The maximum Gasteiger partial charge on any atom is 0.338 e. The highest BCUT2D eigenvalue weighted by atomic mass is 32.1. The largest absolute Gasteiger partial charge is 0.462 e. The summed E-state index contributed by atoms with van der Waals surface area (Å²) in [6.07, 6.45) is 0. The Morgan fingerprint density at radius 3 is 3.00 bits per heavy atom. The molecule has 0 amide bonds. The van der Waals surface area contributed by atoms with Crippen molar-refractivity contribution < 1.29 is 9.53 Å². The molecule has 19 heavy (non-hydrogen) atoms. The fraction of sp³-hybridized carbons (Fsp3) is 0.286. The fourth-order valence-corrected chi connectivity index (χ4v) is 2.34. The van der Waals surface area contributed by atoms with E-state index in [4.69, 9.17) is 4.74 Å². The lowest BCUT2D eigenvalue weighted by atomic mass is 10.2. The molecule has 1 aromatic carbocycles. The smallest absolute Gasteiger partial charge is 0.338 e. The summed E-state index contributed by atoms with van der Waals surface area (Å²) in [6, 6.07) is 7.29. The van der Waals surface area contributed by atoms with Crippen molar-refractivity contribution in [3.05, 3.63) is 45.9 Å². The molecule has 2 rings (SSSR count). The maximum absolute atomic E-state index is 11.6. The molecule has 0 aliphatic carbocycles. The molecular weight excluding hydrogens is 260 g/mol. The first kappa shape index (κ1) is 13.5. The number of rotatable bonds is 5. The summed E-state index contributed by atoms with van der Waals surface area (Å²) in [7, 11) is 0. The van der Waals surface area contributed by atoms with E-state index >= 15 is 0 Å². The first-order chi connectivity index (χ1) is 9.19. The summed E-state index contributed by atoms with van der Waals surface area (Å²) in [5, 5.41) is 6.30. The van der Waals surface area contributed by atoms with E-state index in [1.807, 2.05) is 24.4 Å². The topological polar surface area (TPSA) is 51.2 Å². The predicted molar refractivity (Wildman–Crippen MR) is 76.6 cm³/mol. The zero-order valence-electron chi connectivity index (χ0n) is 11.0. The second-order valence-electron chi connectivity index (χ2n) is 4.04. The quantitative estimate of drug-likeness (QED) is 0.852. The van der Waals surface area contributed by atoms with E-state index < -0.39 is 0 Å². The van der Waals surface area contributed by atoms with E-state index in [2.05, 4.69) is 10.3 Å². The van der Waals surface area contributed by atoms with Gasteiger partial charge in [-0.1, -0.05) is 6.07 Å². The van der Waals surface area contributed by atoms with Crippen LogP contribution in [0.2, 0.25) is 0 Å². The molecule has 0 saturated heterocycles. The molecule has 1 N–H and O–H groups in total. The second kappa shape index (κ2) is 6.33. The van der Waals surface area contributed by atoms with Crippen LogP contribution in [-0.4, -0.2) is 17.6 Å². The van der Waals surface area contributed by atoms with E-state index in [1.165, 1.54) is 0 Å². The van der Waals surface area contributed by atoms with E-state index in [0.29, 0.717) is 18.7 Å². The minimum absolute atomic E-state index is 0.295. The van der Waals surface area contributed by atoms with Gasteiger partial charge in [0, 0.05) is 16.8 Å². The molecule has 0 bridgehead atoms. The highest BCUT2D eigenvalue weighted by molar-refractivity contribution is 7.09. The first-order valence-corrected chi connectivity index (χ1v) is 6.99. The lowest BCUT2D eigenvalue weighted by Crippen LogP contribution is -2.06. The van der Waals surface area contributed by atoms with Crippen LogP contribution in [0.1, 0.15) is 28.0 Å². The molecule has 0 aliphatic rings. The van der Waals surface area contributed by atoms with Gasteiger partial charge in [0.15, 0.2) is 0 Å². The van der Waals surface area contributed by atoms with E-state index in [1.54, 1.807) is 30.4 Å². The molecule has 2 aromatic rings. The monoisotopic (exact) mass is 276 g/mol. The normalized spacial score (nSPS) is 10.2. The Hall–Kier alpha value is -1.88. The zero-order valence-corrected chi connectivity index (χ0v) is 11.8. The van der Waals surface area contributed by atoms with Gasteiger partial charge in [0.25, 0.3) is 0 Å². The summed E-state index contributed by atoms with van der Waals surface area (Å²) >= 11 is 1.62. The summed E-state index contributed by atoms with van der Waals surface area (Å²) in [5.74, 6) is -0.295. The minimum atomic E-state index is -0.295. The Morgan fingerprint density at radius 2 is 2.32 bits per heavy atom. The number of anilines is 1. The van der Waals surface area contributed by atoms with Crippen LogP contribution in [0.5, 0.6) is 0 Å². The Labute approximate surface area is 116 Å². The number of aryl methyl sites for hydroxylation is 1. The second-order valence-corrected chi connectivity index (χ2v) is 4.98. The van der Waals surface area contributed by atoms with Crippen LogP contribution >= 0.6 is 11.3 Å². The number of esters is 1. The summed E-state index contributed by atoms with van der Waals surface area (Å²) in [5.41, 5.74) is 2.47. The van der Waals surface area contributed by atoms with Crippen molar-refractivity contribution in [2.45, 2.75) is 20.4 Å². The SMILES string of the molecule is CCOC(=O)c1cccc(NCc2nc(C)cs2)c1. The number of nitrogens with zero attached hydrogens (tertiary/aromatic N) is 1. The third kappa shape index (κ3) is 3.79. The molecule has 100 valence electrons. The number of thiazole rings is 1. The Kier molecular flexibility index (Phi) is 4.52. The van der Waals surface area contributed by atoms with Crippen molar-refractivity contribution in [3.63, 3.8) is 0 Å². The van der Waals surface area contributed by atoms with Gasteiger partial charge < -0.3 is 10.1 Å². The number of nitrogens with one attached hydrogen (secondary N) is 1. The lowest BCUT2D eigenvalue weighted by molar-refractivity contribution is 0.0526. The van der Waals surface area contributed by atoms with Gasteiger partial charge in [-0.25, -0.2) is 9.78 Å². The van der Waals surface area contributed by atoms with Crippen molar-refractivity contribution >= 4 is 23.0 Å². The number of aromatic nitrogens is 1. The third-order valence-corrected chi connectivity index (χ3v) is 3.45. The summed E-state index contributed by atoms with van der Waals surface area (Å²) in [6.45, 7) is 4.81. The summed E-state index contributed by atoms with van der Waals surface area (Å²) < 4.78 is 4.97. The molecular formula is C14H16N2O2S. The van der Waals surface area contributed by atoms with Crippen LogP contribution < -0.4 is 5.32 Å². The number of ether oxygens (including phenoxy) is 1. The van der Waals surface area contributed by atoms with Gasteiger partial charge in [-0.3, -0.25) is 0 Å². The molecule has 0 saturated carbocycles. The van der Waals surface area contributed by atoms with Crippen molar-refractivity contribution in [3.8, 4) is 0 Å². The van der Waals surface area contributed by atoms with Crippen molar-refractivity contribution in [2.75, 3.05) is 11.9 Å². The molecule has 0 radical (unpaired) electrons. The minimum Gasteiger partial charge on any atom is -0.462 e. The van der Waals surface area contributed by atoms with Crippen molar-refractivity contribution in [1.29, 1.82) is 0 Å². The van der Waals surface area contributed by atoms with Crippen molar-refractivity contribution in [2.24, 2.45) is 0 Å². The van der Waals surface area contributed by atoms with Crippen LogP contribution in [0.3, 0.4) is 0 Å². The van der Waals surface area contributed by atoms with Gasteiger partial charge in [-0.2, -0.15) is 0 Å². The highest BCUT2D eigenvalue weighted by Crippen LogP contribution is 2.15. The van der Waals surface area contributed by atoms with Gasteiger partial charge in [-0.15, -0.1) is 11.3 Å². The van der Waals surface area contributed by atoms with Crippen LogP contribution in [0.25, 0.3) is 0 Å². The van der Waals surface area contributed by atoms with Gasteiger partial charge in [0.1, 0.15) is 5.01 Å². The average Bonchev–Trinajstić information content (AvgIpc) is 2.83. The molecule has 5 heteroatoms. The molecule has 0 spiro atoms. The molecule has 0 aliphatic heterocycles. The Balaban J connectivity index is 2.00. The molecule has 0 atom stereocenters. The molecule has 4 nitrogen and oxygen atoms in total. The first-order valence-electron chi connectivity index (χ1n) is 6.11. The highest BCUT2D eigenvalue weighted by Gasteiger charge is 2.06. The van der Waals surface area contributed by atoms with E-state index in [9.17, 15) is 4.79 Å². The van der Waals surface area contributed by atoms with Gasteiger partial charge in [-0.05, 0) is 32.0 Å². The number of hydrogen-bond donors (Lipinski definition) is 1. The molecule has 1 aromatic heterocycles. The average molecular weight is 276 g/mol. The Morgan fingerprint density at radius 1 is 1.47 bits per heavy atom. The number of carbonyl (C=O) groups excluding carboxylic acids is 1. The standard InChI is InChI=1S/C14H16N2O2S/c1-3-18-14(17)11-5-4-6-12(7-11)15-8-13-16-10(2)9-19-13/h4-7,9,15H,3,8H2,1-2H3. The third-order valence-electron chi connectivity index (χ3n) is 2.48. The van der Waals surface area contributed by atoms with E-state index in [-0.39, 0.29) is 5.97 Å². The number of hydrogen-bond acceptors (Lipinski definition) is 5. The maximum atomic E-state index is 11.6. The fourth-order valence-electron chi connectivity index (χ4n) is 1.63. The van der Waals surface area contributed by atoms with Gasteiger partial charge in [0.05, 0.1) is 18.7 Å². The molecule has 1 heterocycles. The lowest BCUT2D eigenvalue weighted by Gasteiger charge is -2.06. The zero-order chi connectivity index (χ0) is 13.7. The van der Waals surface area contributed by atoms with Crippen LogP contribution in [-0.2, 0) is 11.3 Å². The predicted octanol–water partition coefficient (Wildman–Crippen LogP) is 3.24. The van der Waals surface area contributed by atoms with Crippen molar-refractivity contribution in [1.82, 2.24) is 4.98 Å². The van der Waals surface area contributed by atoms with Gasteiger partial charge in [0.2, 0.25) is 0 Å². The van der Waals surface area contributed by atoms with E-state index in [0.717, 1.165) is 16.4 Å². The Bertz CT molecular complexity index is 566. The van der Waals surface area contributed by atoms with Crippen LogP contribution in [0.15, 0.2) is 29.6 Å². The summed E-state index contributed by atoms with van der Waals surface area (Å²) in [4.78, 5) is 16.0.